The van der Waals surface area contributed by atoms with Gasteiger partial charge in [0.1, 0.15) is 17.6 Å². The summed E-state index contributed by atoms with van der Waals surface area (Å²) >= 11 is 5.67. The SMILES string of the molecule is Cc1cccc(N2C(=S)N[C@H](c3ccccn3)[C@@H]2c2ccc(C)o2)c1. The number of nitrogens with zero attached hydrogens (tertiary/aromatic N) is 2. The Morgan fingerprint density at radius 2 is 1.96 bits per heavy atom. The molecule has 25 heavy (non-hydrogen) atoms. The molecule has 1 saturated heterocycles. The first-order valence-corrected chi connectivity index (χ1v) is 8.68. The minimum Gasteiger partial charge on any atom is -0.464 e. The molecule has 0 aliphatic carbocycles. The van der Waals surface area contributed by atoms with Gasteiger partial charge in [0.05, 0.1) is 11.7 Å². The van der Waals surface area contributed by atoms with Crippen LogP contribution in [0.15, 0.2) is 65.2 Å². The summed E-state index contributed by atoms with van der Waals surface area (Å²) < 4.78 is 5.98. The van der Waals surface area contributed by atoms with Gasteiger partial charge >= 0.3 is 0 Å². The topological polar surface area (TPSA) is 41.3 Å². The van der Waals surface area contributed by atoms with E-state index in [1.807, 2.05) is 43.3 Å². The molecule has 1 N–H and O–H groups in total. The Morgan fingerprint density at radius 1 is 1.08 bits per heavy atom. The lowest BCUT2D eigenvalue weighted by Gasteiger charge is -2.26. The van der Waals surface area contributed by atoms with E-state index in [0.717, 1.165) is 22.9 Å². The number of benzene rings is 1. The summed E-state index contributed by atoms with van der Waals surface area (Å²) in [6, 6.07) is 18.1. The highest BCUT2D eigenvalue weighted by Crippen LogP contribution is 2.41. The maximum atomic E-state index is 5.98. The number of furan rings is 1. The van der Waals surface area contributed by atoms with E-state index in [-0.39, 0.29) is 12.1 Å². The van der Waals surface area contributed by atoms with Crippen LogP contribution in [-0.2, 0) is 0 Å². The molecule has 3 aromatic rings. The fourth-order valence-corrected chi connectivity index (χ4v) is 3.66. The second-order valence-electron chi connectivity index (χ2n) is 6.28. The fourth-order valence-electron chi connectivity index (χ4n) is 3.31. The van der Waals surface area contributed by atoms with Crippen LogP contribution in [0.5, 0.6) is 0 Å². The lowest BCUT2D eigenvalue weighted by molar-refractivity contribution is 0.418. The van der Waals surface area contributed by atoms with E-state index in [4.69, 9.17) is 16.6 Å². The molecule has 2 atom stereocenters. The quantitative estimate of drug-likeness (QED) is 0.707. The van der Waals surface area contributed by atoms with E-state index in [0.29, 0.717) is 5.11 Å². The Bertz CT molecular complexity index is 906. The maximum absolute atomic E-state index is 5.98. The minimum atomic E-state index is -0.0853. The summed E-state index contributed by atoms with van der Waals surface area (Å²) in [5.74, 6) is 1.76. The number of hydrogen-bond donors (Lipinski definition) is 1. The predicted octanol–water partition coefficient (Wildman–Crippen LogP) is 4.47. The summed E-state index contributed by atoms with van der Waals surface area (Å²) in [4.78, 5) is 6.66. The Hall–Kier alpha value is -2.66. The van der Waals surface area contributed by atoms with E-state index in [1.165, 1.54) is 5.56 Å². The molecule has 4 nitrogen and oxygen atoms in total. The predicted molar refractivity (Wildman–Crippen MR) is 103 cm³/mol. The zero-order valence-corrected chi connectivity index (χ0v) is 15.0. The van der Waals surface area contributed by atoms with Gasteiger partial charge in [-0.2, -0.15) is 0 Å². The molecule has 2 aromatic heterocycles. The second-order valence-corrected chi connectivity index (χ2v) is 6.67. The van der Waals surface area contributed by atoms with Gasteiger partial charge in [0, 0.05) is 11.9 Å². The first-order valence-electron chi connectivity index (χ1n) is 8.27. The van der Waals surface area contributed by atoms with Crippen molar-refractivity contribution in [3.63, 3.8) is 0 Å². The number of hydrogen-bond acceptors (Lipinski definition) is 3. The van der Waals surface area contributed by atoms with Crippen molar-refractivity contribution in [1.29, 1.82) is 0 Å². The first kappa shape index (κ1) is 15.8. The summed E-state index contributed by atoms with van der Waals surface area (Å²) in [6.07, 6.45) is 1.81. The monoisotopic (exact) mass is 349 g/mol. The van der Waals surface area contributed by atoms with Crippen LogP contribution in [0.1, 0.15) is 34.9 Å². The highest BCUT2D eigenvalue weighted by molar-refractivity contribution is 7.80. The maximum Gasteiger partial charge on any atom is 0.174 e. The van der Waals surface area contributed by atoms with Crippen molar-refractivity contribution in [2.75, 3.05) is 4.90 Å². The number of nitrogens with one attached hydrogen (secondary N) is 1. The van der Waals surface area contributed by atoms with Crippen LogP contribution in [0.4, 0.5) is 5.69 Å². The largest absolute Gasteiger partial charge is 0.464 e. The summed E-state index contributed by atoms with van der Waals surface area (Å²) in [7, 11) is 0. The van der Waals surface area contributed by atoms with E-state index in [1.54, 1.807) is 6.20 Å². The third-order valence-corrected chi connectivity index (χ3v) is 4.75. The van der Waals surface area contributed by atoms with Crippen LogP contribution in [-0.4, -0.2) is 10.1 Å². The molecule has 0 radical (unpaired) electrons. The molecular formula is C20H19N3OS. The number of thiocarbonyl (C=S) groups is 1. The first-order chi connectivity index (χ1) is 12.1. The minimum absolute atomic E-state index is 0.0697. The molecule has 1 fully saturated rings. The second kappa shape index (κ2) is 6.33. The van der Waals surface area contributed by atoms with Gasteiger partial charge in [-0.05, 0) is 68.0 Å². The number of rotatable bonds is 3. The number of aryl methyl sites for hydroxylation is 2. The summed E-state index contributed by atoms with van der Waals surface area (Å²) in [5.41, 5.74) is 3.19. The van der Waals surface area contributed by atoms with Gasteiger partial charge < -0.3 is 14.6 Å². The Balaban J connectivity index is 1.83. The molecule has 1 aromatic carbocycles. The molecule has 126 valence electrons. The highest BCUT2D eigenvalue weighted by Gasteiger charge is 2.42. The van der Waals surface area contributed by atoms with Crippen molar-refractivity contribution in [3.05, 3.63) is 83.6 Å². The van der Waals surface area contributed by atoms with E-state index < -0.39 is 0 Å². The zero-order chi connectivity index (χ0) is 17.4. The van der Waals surface area contributed by atoms with Crippen molar-refractivity contribution < 1.29 is 4.42 Å². The third-order valence-electron chi connectivity index (χ3n) is 4.43. The molecule has 4 rings (SSSR count). The Kier molecular flexibility index (Phi) is 4.01. The molecule has 5 heteroatoms. The van der Waals surface area contributed by atoms with Gasteiger partial charge in [0.25, 0.3) is 0 Å². The van der Waals surface area contributed by atoms with E-state index >= 15 is 0 Å². The molecule has 0 unspecified atom stereocenters. The molecular weight excluding hydrogens is 330 g/mol. The number of anilines is 1. The standard InChI is InChI=1S/C20H19N3OS/c1-13-6-5-7-15(12-13)23-19(17-10-9-14(2)24-17)18(22-20(23)25)16-8-3-4-11-21-16/h3-12,18-19H,1-2H3,(H,22,25)/t18-,19+/m1/s1. The Labute approximate surface area is 152 Å². The third kappa shape index (κ3) is 2.91. The number of pyridine rings is 1. The van der Waals surface area contributed by atoms with Crippen LogP contribution in [0.2, 0.25) is 0 Å². The van der Waals surface area contributed by atoms with Crippen LogP contribution in [0.25, 0.3) is 0 Å². The van der Waals surface area contributed by atoms with E-state index in [9.17, 15) is 0 Å². The van der Waals surface area contributed by atoms with Gasteiger partial charge in [-0.15, -0.1) is 0 Å². The zero-order valence-electron chi connectivity index (χ0n) is 14.1. The summed E-state index contributed by atoms with van der Waals surface area (Å²) in [6.45, 7) is 4.04. The Morgan fingerprint density at radius 3 is 2.64 bits per heavy atom. The van der Waals surface area contributed by atoms with Crippen LogP contribution in [0, 0.1) is 13.8 Å². The van der Waals surface area contributed by atoms with Gasteiger partial charge in [-0.3, -0.25) is 4.98 Å². The van der Waals surface area contributed by atoms with Crippen LogP contribution in [0.3, 0.4) is 0 Å². The molecule has 0 spiro atoms. The number of aromatic nitrogens is 1. The normalized spacial score (nSPS) is 19.9. The van der Waals surface area contributed by atoms with Gasteiger partial charge in [-0.1, -0.05) is 18.2 Å². The van der Waals surface area contributed by atoms with Gasteiger partial charge in [-0.25, -0.2) is 0 Å². The lowest BCUT2D eigenvalue weighted by Crippen LogP contribution is -2.29. The van der Waals surface area contributed by atoms with Crippen molar-refractivity contribution >= 4 is 23.0 Å². The van der Waals surface area contributed by atoms with Gasteiger partial charge in [0.2, 0.25) is 0 Å². The lowest BCUT2D eigenvalue weighted by atomic mass is 10.0. The molecule has 1 aliphatic rings. The molecule has 0 saturated carbocycles. The highest BCUT2D eigenvalue weighted by atomic mass is 32.1. The average molecular weight is 349 g/mol. The van der Waals surface area contributed by atoms with Crippen LogP contribution >= 0.6 is 12.2 Å². The van der Waals surface area contributed by atoms with E-state index in [2.05, 4.69) is 40.3 Å². The van der Waals surface area contributed by atoms with Crippen molar-refractivity contribution in [2.45, 2.75) is 25.9 Å². The molecule has 0 amide bonds. The van der Waals surface area contributed by atoms with Gasteiger partial charge in [0.15, 0.2) is 5.11 Å². The fraction of sp³-hybridized carbons (Fsp3) is 0.200. The average Bonchev–Trinajstić information content (AvgIpc) is 3.18. The molecule has 3 heterocycles. The molecule has 0 bridgehead atoms. The van der Waals surface area contributed by atoms with Crippen LogP contribution < -0.4 is 10.2 Å². The molecule has 1 aliphatic heterocycles. The van der Waals surface area contributed by atoms with Crippen molar-refractivity contribution in [2.24, 2.45) is 0 Å². The van der Waals surface area contributed by atoms with Crippen molar-refractivity contribution in [1.82, 2.24) is 10.3 Å². The summed E-state index contributed by atoms with van der Waals surface area (Å²) in [5, 5.41) is 4.11. The smallest absolute Gasteiger partial charge is 0.174 e. The van der Waals surface area contributed by atoms with Crippen molar-refractivity contribution in [3.8, 4) is 0 Å².